The molecule has 4 heteroatoms. The van der Waals surface area contributed by atoms with Crippen LogP contribution in [-0.4, -0.2) is 23.1 Å². The second-order valence-corrected chi connectivity index (χ2v) is 12.8. The van der Waals surface area contributed by atoms with E-state index in [-0.39, 0.29) is 22.8 Å². The van der Waals surface area contributed by atoms with Crippen molar-refractivity contribution in [3.63, 3.8) is 0 Å². The first-order chi connectivity index (χ1) is 16.9. The van der Waals surface area contributed by atoms with Gasteiger partial charge in [-0.25, -0.2) is 0 Å². The number of carbonyl (C=O) groups excluding carboxylic acids is 1. The Morgan fingerprint density at radius 3 is 2.22 bits per heavy atom. The van der Waals surface area contributed by atoms with Gasteiger partial charge in [-0.05, 0) is 71.8 Å². The third-order valence-corrected chi connectivity index (χ3v) is 7.89. The number of phenolic OH excluding ortho intramolecular Hbond substituents is 1. The Bertz CT molecular complexity index is 1080. The smallest absolute Gasteiger partial charge is 0.241 e. The maximum Gasteiger partial charge on any atom is 0.241 e. The van der Waals surface area contributed by atoms with E-state index in [9.17, 15) is 9.90 Å². The van der Waals surface area contributed by atoms with Crippen LogP contribution in [0.4, 0.5) is 5.69 Å². The number of phenols is 1. The number of aromatic hydroxyl groups is 1. The lowest BCUT2D eigenvalue weighted by atomic mass is 9.77. The molecule has 1 saturated heterocycles. The average Bonchev–Trinajstić information content (AvgIpc) is 2.82. The van der Waals surface area contributed by atoms with Crippen LogP contribution >= 0.6 is 0 Å². The Morgan fingerprint density at radius 1 is 0.917 bits per heavy atom. The predicted octanol–water partition coefficient (Wildman–Crippen LogP) is 7.41. The molecule has 0 bridgehead atoms. The Kier molecular flexibility index (Phi) is 7.66. The second kappa shape index (κ2) is 10.4. The van der Waals surface area contributed by atoms with Crippen molar-refractivity contribution in [2.75, 3.05) is 5.32 Å². The van der Waals surface area contributed by atoms with Crippen molar-refractivity contribution in [2.24, 2.45) is 5.92 Å². The van der Waals surface area contributed by atoms with Crippen molar-refractivity contribution in [3.05, 3.63) is 58.7 Å². The fraction of sp³-hybridized carbons (Fsp3) is 0.531. The van der Waals surface area contributed by atoms with Gasteiger partial charge in [0.05, 0.1) is 6.04 Å². The minimum Gasteiger partial charge on any atom is -0.507 e. The first-order valence-electron chi connectivity index (χ1n) is 13.7. The van der Waals surface area contributed by atoms with Gasteiger partial charge in [-0.15, -0.1) is 0 Å². The molecule has 1 aliphatic carbocycles. The number of rotatable bonds is 4. The highest BCUT2D eigenvalue weighted by Crippen LogP contribution is 2.40. The molecule has 1 amide bonds. The average molecular weight is 489 g/mol. The number of para-hydroxylation sites is 1. The van der Waals surface area contributed by atoms with Crippen LogP contribution in [0.5, 0.6) is 5.75 Å². The minimum atomic E-state index is -0.176. The van der Waals surface area contributed by atoms with Gasteiger partial charge in [0.15, 0.2) is 0 Å². The Hall–Kier alpha value is -2.59. The van der Waals surface area contributed by atoms with E-state index >= 15 is 0 Å². The summed E-state index contributed by atoms with van der Waals surface area (Å²) in [6.07, 6.45) is 11.3. The van der Waals surface area contributed by atoms with E-state index in [1.807, 2.05) is 24.3 Å². The van der Waals surface area contributed by atoms with Gasteiger partial charge in [0.1, 0.15) is 5.75 Å². The number of nitrogens with one attached hydrogen (secondary N) is 2. The van der Waals surface area contributed by atoms with Crippen LogP contribution in [-0.2, 0) is 15.6 Å². The zero-order valence-corrected chi connectivity index (χ0v) is 22.9. The Labute approximate surface area is 217 Å². The molecular formula is C32H44N2O2. The summed E-state index contributed by atoms with van der Waals surface area (Å²) in [4.78, 5) is 13.2. The molecule has 3 unspecified atom stereocenters. The lowest BCUT2D eigenvalue weighted by Gasteiger charge is -2.39. The molecule has 2 aromatic carbocycles. The lowest BCUT2D eigenvalue weighted by Crippen LogP contribution is -2.53. The Balaban J connectivity index is 1.56. The summed E-state index contributed by atoms with van der Waals surface area (Å²) in [5, 5.41) is 17.9. The fourth-order valence-corrected chi connectivity index (χ4v) is 5.76. The predicted molar refractivity (Wildman–Crippen MR) is 151 cm³/mol. The standard InChI is InChI=1S/C32H44N2O2/c1-31(2,3)24-19-21(20-25(29(24)35)32(4,5)6)15-16-22-11-8-10-14-27(22)34-30(36)28-18-17-23-12-7-9-13-26(23)33-28/h8,10-11,14-16,19-20,23,26,28,33,35H,7,9,12-13,17-18H2,1-6H3,(H,34,36)/b16-15+. The molecule has 1 saturated carbocycles. The quantitative estimate of drug-likeness (QED) is 0.393. The number of carbonyl (C=O) groups is 1. The summed E-state index contributed by atoms with van der Waals surface area (Å²) in [7, 11) is 0. The monoisotopic (exact) mass is 488 g/mol. The molecule has 3 N–H and O–H groups in total. The summed E-state index contributed by atoms with van der Waals surface area (Å²) in [5.41, 5.74) is 4.38. The van der Waals surface area contributed by atoms with Crippen LogP contribution in [0.1, 0.15) is 102 Å². The maximum absolute atomic E-state index is 13.2. The summed E-state index contributed by atoms with van der Waals surface area (Å²) in [6.45, 7) is 12.8. The van der Waals surface area contributed by atoms with E-state index in [2.05, 4.69) is 76.5 Å². The molecule has 4 nitrogen and oxygen atoms in total. The number of benzene rings is 2. The van der Waals surface area contributed by atoms with E-state index in [0.717, 1.165) is 46.7 Å². The topological polar surface area (TPSA) is 61.4 Å². The molecule has 2 aliphatic rings. The largest absolute Gasteiger partial charge is 0.507 e. The summed E-state index contributed by atoms with van der Waals surface area (Å²) in [5.74, 6) is 1.19. The zero-order chi connectivity index (χ0) is 26.1. The molecular weight excluding hydrogens is 444 g/mol. The van der Waals surface area contributed by atoms with Crippen LogP contribution in [0, 0.1) is 5.92 Å². The van der Waals surface area contributed by atoms with Crippen molar-refractivity contribution in [2.45, 2.75) is 103 Å². The van der Waals surface area contributed by atoms with Crippen molar-refractivity contribution in [1.82, 2.24) is 5.32 Å². The number of hydrogen-bond donors (Lipinski definition) is 3. The maximum atomic E-state index is 13.2. The summed E-state index contributed by atoms with van der Waals surface area (Å²) < 4.78 is 0. The summed E-state index contributed by atoms with van der Waals surface area (Å²) in [6, 6.07) is 12.5. The van der Waals surface area contributed by atoms with Crippen molar-refractivity contribution >= 4 is 23.7 Å². The van der Waals surface area contributed by atoms with Gasteiger partial charge < -0.3 is 15.7 Å². The number of anilines is 1. The molecule has 4 rings (SSSR count). The molecule has 0 radical (unpaired) electrons. The van der Waals surface area contributed by atoms with Crippen molar-refractivity contribution < 1.29 is 9.90 Å². The number of amides is 1. The van der Waals surface area contributed by atoms with Gasteiger partial charge in [-0.3, -0.25) is 4.79 Å². The van der Waals surface area contributed by atoms with E-state index in [1.165, 1.54) is 25.7 Å². The minimum absolute atomic E-state index is 0.0644. The molecule has 3 atom stereocenters. The van der Waals surface area contributed by atoms with Crippen LogP contribution in [0.3, 0.4) is 0 Å². The van der Waals surface area contributed by atoms with Crippen LogP contribution in [0.15, 0.2) is 36.4 Å². The van der Waals surface area contributed by atoms with Gasteiger partial charge in [0.25, 0.3) is 0 Å². The number of hydrogen-bond acceptors (Lipinski definition) is 3. The highest BCUT2D eigenvalue weighted by atomic mass is 16.3. The molecule has 0 aromatic heterocycles. The molecule has 194 valence electrons. The van der Waals surface area contributed by atoms with Crippen LogP contribution in [0.2, 0.25) is 0 Å². The normalized spacial score (nSPS) is 22.9. The van der Waals surface area contributed by atoms with E-state index in [4.69, 9.17) is 0 Å². The first-order valence-corrected chi connectivity index (χ1v) is 13.7. The number of piperidine rings is 1. The molecule has 0 spiro atoms. The molecule has 2 fully saturated rings. The van der Waals surface area contributed by atoms with Crippen molar-refractivity contribution in [1.29, 1.82) is 0 Å². The van der Waals surface area contributed by atoms with Gasteiger partial charge in [-0.2, -0.15) is 0 Å². The van der Waals surface area contributed by atoms with Gasteiger partial charge in [-0.1, -0.05) is 84.7 Å². The van der Waals surface area contributed by atoms with Gasteiger partial charge in [0.2, 0.25) is 5.91 Å². The van der Waals surface area contributed by atoms with Gasteiger partial charge >= 0.3 is 0 Å². The molecule has 2 aromatic rings. The lowest BCUT2D eigenvalue weighted by molar-refractivity contribution is -0.119. The van der Waals surface area contributed by atoms with Gasteiger partial charge in [0, 0.05) is 22.9 Å². The van der Waals surface area contributed by atoms with Crippen LogP contribution in [0.25, 0.3) is 12.2 Å². The van der Waals surface area contributed by atoms with E-state index < -0.39 is 0 Å². The van der Waals surface area contributed by atoms with Crippen molar-refractivity contribution in [3.8, 4) is 5.75 Å². The second-order valence-electron chi connectivity index (χ2n) is 12.8. The summed E-state index contributed by atoms with van der Waals surface area (Å²) >= 11 is 0. The van der Waals surface area contributed by atoms with Crippen LogP contribution < -0.4 is 10.6 Å². The zero-order valence-electron chi connectivity index (χ0n) is 22.9. The highest BCUT2D eigenvalue weighted by Gasteiger charge is 2.34. The highest BCUT2D eigenvalue weighted by molar-refractivity contribution is 5.97. The third-order valence-electron chi connectivity index (χ3n) is 7.89. The Morgan fingerprint density at radius 2 is 1.56 bits per heavy atom. The first kappa shape index (κ1) is 26.5. The number of fused-ring (bicyclic) bond motifs is 1. The SMILES string of the molecule is CC(C)(C)c1cc(/C=C/c2ccccc2NC(=O)C2CCC3CCCCC3N2)cc(C(C)(C)C)c1O. The van der Waals surface area contributed by atoms with E-state index in [1.54, 1.807) is 0 Å². The van der Waals surface area contributed by atoms with E-state index in [0.29, 0.717) is 11.8 Å². The fourth-order valence-electron chi connectivity index (χ4n) is 5.76. The molecule has 36 heavy (non-hydrogen) atoms. The molecule has 1 heterocycles. The molecule has 1 aliphatic heterocycles. The third kappa shape index (κ3) is 6.03.